The van der Waals surface area contributed by atoms with Crippen molar-refractivity contribution in [3.8, 4) is 55.9 Å². The number of benzene rings is 8. The molecule has 60 heavy (non-hydrogen) atoms. The standard InChI is InChI=1S/C46H30N.C11H8N.Ir/c1-3-9-32-23-34(14-12-30(32)7-1)36-18-20-41-42-21-19-37(35-15-13-31-8-2-4-10-33(31)24-35)27-44(42)46(43(41)26-36)28-39-17-16-38(25-40(39)29-46)45-11-5-6-22-47-45;1-2-6-10(7-3-1)11-8-4-5-9-12-11;/h1-15,17-27H,28-29H2;1-6,8-9H;/q2*-1;. The third-order valence-electron chi connectivity index (χ3n) is 12.2. The molecule has 1 spiro atoms. The first-order valence-electron chi connectivity index (χ1n) is 20.3. The molecule has 3 heteroatoms. The molecule has 0 atom stereocenters. The predicted molar refractivity (Wildman–Crippen MR) is 243 cm³/mol. The van der Waals surface area contributed by atoms with Crippen molar-refractivity contribution in [1.82, 2.24) is 9.97 Å². The third-order valence-corrected chi connectivity index (χ3v) is 12.2. The van der Waals surface area contributed by atoms with Crippen LogP contribution in [0.5, 0.6) is 0 Å². The van der Waals surface area contributed by atoms with Gasteiger partial charge in [0.1, 0.15) is 0 Å². The van der Waals surface area contributed by atoms with Crippen LogP contribution in [0.3, 0.4) is 0 Å². The number of pyridine rings is 2. The maximum atomic E-state index is 4.64. The normalized spacial score (nSPS) is 12.9. The van der Waals surface area contributed by atoms with Gasteiger partial charge < -0.3 is 9.97 Å². The van der Waals surface area contributed by atoms with Gasteiger partial charge in [0.25, 0.3) is 0 Å². The Morgan fingerprint density at radius 3 is 1.45 bits per heavy atom. The zero-order valence-corrected chi connectivity index (χ0v) is 35.2. The van der Waals surface area contributed by atoms with Crippen LogP contribution < -0.4 is 0 Å². The van der Waals surface area contributed by atoms with E-state index < -0.39 is 0 Å². The molecule has 2 aromatic heterocycles. The van der Waals surface area contributed by atoms with E-state index in [1.54, 1.807) is 6.20 Å². The summed E-state index contributed by atoms with van der Waals surface area (Å²) in [6, 6.07) is 76.4. The van der Waals surface area contributed by atoms with Crippen molar-refractivity contribution in [2.45, 2.75) is 18.3 Å². The van der Waals surface area contributed by atoms with E-state index in [4.69, 9.17) is 0 Å². The van der Waals surface area contributed by atoms with Gasteiger partial charge in [-0.15, -0.1) is 70.8 Å². The first kappa shape index (κ1) is 37.5. The van der Waals surface area contributed by atoms with Gasteiger partial charge >= 0.3 is 0 Å². The third kappa shape index (κ3) is 6.76. The molecule has 2 aliphatic rings. The second-order valence-electron chi connectivity index (χ2n) is 15.7. The molecule has 287 valence electrons. The summed E-state index contributed by atoms with van der Waals surface area (Å²) in [5.74, 6) is 0. The molecule has 0 fully saturated rings. The smallest absolute Gasteiger partial charge is 0.0201 e. The molecule has 0 bridgehead atoms. The number of aromatic nitrogens is 2. The molecule has 2 aliphatic carbocycles. The number of hydrogen-bond donors (Lipinski definition) is 0. The van der Waals surface area contributed by atoms with Crippen molar-refractivity contribution in [2.75, 3.05) is 0 Å². The van der Waals surface area contributed by atoms with Crippen LogP contribution in [-0.4, -0.2) is 9.97 Å². The summed E-state index contributed by atoms with van der Waals surface area (Å²) >= 11 is 0. The van der Waals surface area contributed by atoms with Crippen LogP contribution in [-0.2, 0) is 38.4 Å². The Bertz CT molecular complexity index is 2990. The van der Waals surface area contributed by atoms with Crippen molar-refractivity contribution in [3.05, 3.63) is 241 Å². The van der Waals surface area contributed by atoms with Crippen molar-refractivity contribution in [3.63, 3.8) is 0 Å². The quantitative estimate of drug-likeness (QED) is 0.164. The largest absolute Gasteiger partial charge is 0.305 e. The minimum absolute atomic E-state index is 0. The van der Waals surface area contributed by atoms with Crippen molar-refractivity contribution < 1.29 is 20.1 Å². The maximum absolute atomic E-state index is 4.64. The van der Waals surface area contributed by atoms with Crippen LogP contribution in [0.4, 0.5) is 0 Å². The fourth-order valence-corrected chi connectivity index (χ4v) is 9.33. The maximum Gasteiger partial charge on any atom is 0.0201 e. The Labute approximate surface area is 364 Å². The summed E-state index contributed by atoms with van der Waals surface area (Å²) in [5.41, 5.74) is 17.3. The van der Waals surface area contributed by atoms with Crippen molar-refractivity contribution >= 4 is 21.5 Å². The molecule has 8 aromatic carbocycles. The number of fused-ring (bicyclic) bond motifs is 8. The van der Waals surface area contributed by atoms with Crippen molar-refractivity contribution in [1.29, 1.82) is 0 Å². The van der Waals surface area contributed by atoms with Crippen LogP contribution in [0, 0.1) is 12.1 Å². The molecule has 10 aromatic rings. The number of nitrogens with zero attached hydrogens (tertiary/aromatic N) is 2. The first-order chi connectivity index (χ1) is 29.2. The molecular formula is C57H38IrN2-2. The van der Waals surface area contributed by atoms with Gasteiger partial charge in [-0.3, -0.25) is 0 Å². The van der Waals surface area contributed by atoms with Crippen LogP contribution in [0.2, 0.25) is 0 Å². The molecule has 0 saturated heterocycles. The van der Waals surface area contributed by atoms with E-state index in [0.29, 0.717) is 0 Å². The molecular weight excluding hydrogens is 905 g/mol. The first-order valence-corrected chi connectivity index (χ1v) is 20.3. The molecule has 0 N–H and O–H groups in total. The van der Waals surface area contributed by atoms with Gasteiger partial charge in [0.05, 0.1) is 0 Å². The second kappa shape index (κ2) is 15.8. The number of hydrogen-bond acceptors (Lipinski definition) is 2. The monoisotopic (exact) mass is 943 g/mol. The molecule has 0 unspecified atom stereocenters. The zero-order chi connectivity index (χ0) is 39.2. The van der Waals surface area contributed by atoms with Gasteiger partial charge in [0.15, 0.2) is 0 Å². The summed E-state index contributed by atoms with van der Waals surface area (Å²) in [4.78, 5) is 8.86. The van der Waals surface area contributed by atoms with Gasteiger partial charge in [-0.1, -0.05) is 121 Å². The van der Waals surface area contributed by atoms with E-state index in [1.807, 2.05) is 54.7 Å². The second-order valence-corrected chi connectivity index (χ2v) is 15.7. The fraction of sp³-hybridized carbons (Fsp3) is 0.0526. The SMILES string of the molecule is [Ir].[c-]1cc2c(cc1-c1ccccn1)CC1(C2)c2cc(-c3ccc4ccccc4c3)ccc2-c2ccc(-c3ccc4ccccc4c3)cc21.[c-]1ccccc1-c1ccccn1. The van der Waals surface area contributed by atoms with Crippen LogP contribution in [0.1, 0.15) is 22.3 Å². The Morgan fingerprint density at radius 2 is 0.900 bits per heavy atom. The summed E-state index contributed by atoms with van der Waals surface area (Å²) in [6.45, 7) is 0. The zero-order valence-electron chi connectivity index (χ0n) is 32.8. The van der Waals surface area contributed by atoms with E-state index in [1.165, 1.54) is 77.2 Å². The molecule has 1 radical (unpaired) electrons. The fourth-order valence-electron chi connectivity index (χ4n) is 9.33. The number of rotatable bonds is 4. The average molecular weight is 943 g/mol. The Morgan fingerprint density at radius 1 is 0.400 bits per heavy atom. The van der Waals surface area contributed by atoms with Crippen LogP contribution in [0.15, 0.2) is 207 Å². The van der Waals surface area contributed by atoms with Gasteiger partial charge in [-0.25, -0.2) is 0 Å². The van der Waals surface area contributed by atoms with E-state index in [9.17, 15) is 0 Å². The van der Waals surface area contributed by atoms with E-state index in [2.05, 4.69) is 168 Å². The van der Waals surface area contributed by atoms with Gasteiger partial charge in [0.2, 0.25) is 0 Å². The van der Waals surface area contributed by atoms with Crippen LogP contribution in [0.25, 0.3) is 77.4 Å². The van der Waals surface area contributed by atoms with Crippen molar-refractivity contribution in [2.24, 2.45) is 0 Å². The molecule has 12 rings (SSSR count). The summed E-state index contributed by atoms with van der Waals surface area (Å²) in [5, 5.41) is 5.09. The van der Waals surface area contributed by atoms with Crippen LogP contribution >= 0.6 is 0 Å². The minimum Gasteiger partial charge on any atom is -0.305 e. The summed E-state index contributed by atoms with van der Waals surface area (Å²) in [7, 11) is 0. The molecule has 2 heterocycles. The molecule has 0 aliphatic heterocycles. The Kier molecular flexibility index (Phi) is 9.86. The Hall–Kier alpha value is -6.77. The minimum atomic E-state index is -0.150. The van der Waals surface area contributed by atoms with Gasteiger partial charge in [0, 0.05) is 37.9 Å². The van der Waals surface area contributed by atoms with Gasteiger partial charge in [-0.05, 0) is 127 Å². The molecule has 2 nitrogen and oxygen atoms in total. The van der Waals surface area contributed by atoms with E-state index in [0.717, 1.165) is 35.4 Å². The average Bonchev–Trinajstić information content (AvgIpc) is 3.83. The van der Waals surface area contributed by atoms with E-state index in [-0.39, 0.29) is 25.5 Å². The topological polar surface area (TPSA) is 25.8 Å². The summed E-state index contributed by atoms with van der Waals surface area (Å²) in [6.07, 6.45) is 5.57. The molecule has 0 saturated carbocycles. The van der Waals surface area contributed by atoms with Gasteiger partial charge in [-0.2, -0.15) is 0 Å². The summed E-state index contributed by atoms with van der Waals surface area (Å²) < 4.78 is 0. The predicted octanol–water partition coefficient (Wildman–Crippen LogP) is 13.8. The molecule has 0 amide bonds. The van der Waals surface area contributed by atoms with E-state index >= 15 is 0 Å². The Balaban J connectivity index is 0.000000287.